The molecule has 0 heterocycles. The quantitative estimate of drug-likeness (QED) is 0.313. The van der Waals surface area contributed by atoms with Crippen molar-refractivity contribution in [1.29, 1.82) is 0 Å². The lowest BCUT2D eigenvalue weighted by molar-refractivity contribution is -0.127. The van der Waals surface area contributed by atoms with Crippen LogP contribution in [0.4, 0.5) is 22.0 Å². The standard InChI is InChI=1S/C29H39F5N2O/c1-27(2,3)17-20-8-7-9-22(12-20)28(10-5-4-6-11-28)36-18-26(37)25(35-19-29(32,33)34)15-21-13-23(30)16-24(31)14-21/h7-9,12-14,16,25-26,35-37H,4-6,10-11,15,17-19H2,1-3H3/t25-,26+/m0/s1. The summed E-state index contributed by atoms with van der Waals surface area (Å²) in [5.74, 6) is -1.62. The summed E-state index contributed by atoms with van der Waals surface area (Å²) in [5, 5.41) is 16.9. The number of hydrogen-bond donors (Lipinski definition) is 3. The maximum absolute atomic E-state index is 13.7. The van der Waals surface area contributed by atoms with E-state index in [9.17, 15) is 27.1 Å². The summed E-state index contributed by atoms with van der Waals surface area (Å²) in [6, 6.07) is 10.2. The number of halogens is 5. The van der Waals surface area contributed by atoms with Crippen LogP contribution >= 0.6 is 0 Å². The molecule has 0 amide bonds. The predicted molar refractivity (Wildman–Crippen MR) is 136 cm³/mol. The second kappa shape index (κ2) is 12.2. The molecule has 1 fully saturated rings. The van der Waals surface area contributed by atoms with Crippen molar-refractivity contribution in [2.75, 3.05) is 13.1 Å². The maximum Gasteiger partial charge on any atom is 0.401 e. The fourth-order valence-corrected chi connectivity index (χ4v) is 5.33. The fourth-order valence-electron chi connectivity index (χ4n) is 5.33. The molecule has 3 N–H and O–H groups in total. The van der Waals surface area contributed by atoms with Gasteiger partial charge in [-0.3, -0.25) is 0 Å². The summed E-state index contributed by atoms with van der Waals surface area (Å²) < 4.78 is 66.4. The number of aliphatic hydroxyl groups is 1. The van der Waals surface area contributed by atoms with Gasteiger partial charge in [0.05, 0.1) is 12.6 Å². The van der Waals surface area contributed by atoms with Crippen LogP contribution in [-0.2, 0) is 18.4 Å². The Balaban J connectivity index is 1.80. The highest BCUT2D eigenvalue weighted by molar-refractivity contribution is 5.31. The number of rotatable bonds is 10. The van der Waals surface area contributed by atoms with Gasteiger partial charge in [0.15, 0.2) is 0 Å². The highest BCUT2D eigenvalue weighted by Gasteiger charge is 2.36. The Kier molecular flexibility index (Phi) is 9.75. The molecule has 0 aromatic heterocycles. The van der Waals surface area contributed by atoms with Crippen LogP contribution in [0, 0.1) is 17.0 Å². The van der Waals surface area contributed by atoms with Crippen molar-refractivity contribution in [3.8, 4) is 0 Å². The minimum absolute atomic E-state index is 0.0385. The zero-order chi connectivity index (χ0) is 27.3. The third-order valence-electron chi connectivity index (χ3n) is 6.98. The monoisotopic (exact) mass is 526 g/mol. The number of alkyl halides is 3. The zero-order valence-corrected chi connectivity index (χ0v) is 21.9. The van der Waals surface area contributed by atoms with Crippen LogP contribution in [-0.4, -0.2) is 36.5 Å². The average Bonchev–Trinajstić information content (AvgIpc) is 2.78. The number of aliphatic hydroxyl groups excluding tert-OH is 1. The Morgan fingerprint density at radius 1 is 0.919 bits per heavy atom. The van der Waals surface area contributed by atoms with Crippen molar-refractivity contribution >= 4 is 0 Å². The first-order valence-corrected chi connectivity index (χ1v) is 13.0. The average molecular weight is 527 g/mol. The summed E-state index contributed by atoms with van der Waals surface area (Å²) in [5.41, 5.74) is 2.24. The van der Waals surface area contributed by atoms with Gasteiger partial charge in [-0.05, 0) is 59.9 Å². The molecular formula is C29H39F5N2O. The van der Waals surface area contributed by atoms with Crippen LogP contribution in [0.1, 0.15) is 69.6 Å². The van der Waals surface area contributed by atoms with Crippen LogP contribution in [0.3, 0.4) is 0 Å². The number of nitrogens with one attached hydrogen (secondary N) is 2. The molecule has 1 aliphatic rings. The highest BCUT2D eigenvalue weighted by atomic mass is 19.4. The Hall–Kier alpha value is -2.03. The van der Waals surface area contributed by atoms with Crippen molar-refractivity contribution in [1.82, 2.24) is 10.6 Å². The van der Waals surface area contributed by atoms with Crippen LogP contribution in [0.5, 0.6) is 0 Å². The summed E-state index contributed by atoms with van der Waals surface area (Å²) in [6.07, 6.45) is -0.121. The molecule has 8 heteroatoms. The van der Waals surface area contributed by atoms with Crippen LogP contribution in [0.15, 0.2) is 42.5 Å². The molecule has 1 saturated carbocycles. The minimum atomic E-state index is -4.49. The Morgan fingerprint density at radius 2 is 1.57 bits per heavy atom. The fraction of sp³-hybridized carbons (Fsp3) is 0.586. The van der Waals surface area contributed by atoms with E-state index in [1.54, 1.807) is 0 Å². The van der Waals surface area contributed by atoms with Crippen LogP contribution < -0.4 is 10.6 Å². The van der Waals surface area contributed by atoms with Gasteiger partial charge in [-0.1, -0.05) is 64.3 Å². The molecule has 2 atom stereocenters. The lowest BCUT2D eigenvalue weighted by Gasteiger charge is -2.40. The summed E-state index contributed by atoms with van der Waals surface area (Å²) >= 11 is 0. The van der Waals surface area contributed by atoms with Gasteiger partial charge in [-0.15, -0.1) is 0 Å². The van der Waals surface area contributed by atoms with Gasteiger partial charge in [-0.2, -0.15) is 13.2 Å². The lowest BCUT2D eigenvalue weighted by atomic mass is 9.75. The molecule has 2 aromatic rings. The van der Waals surface area contributed by atoms with E-state index < -0.39 is 42.0 Å². The minimum Gasteiger partial charge on any atom is -0.390 e. The molecule has 2 aromatic carbocycles. The molecule has 1 aliphatic carbocycles. The van der Waals surface area contributed by atoms with Gasteiger partial charge in [-0.25, -0.2) is 8.78 Å². The van der Waals surface area contributed by atoms with Gasteiger partial charge in [0, 0.05) is 24.2 Å². The van der Waals surface area contributed by atoms with E-state index >= 15 is 0 Å². The first-order chi connectivity index (χ1) is 17.2. The Morgan fingerprint density at radius 3 is 2.16 bits per heavy atom. The third-order valence-corrected chi connectivity index (χ3v) is 6.98. The molecule has 0 spiro atoms. The lowest BCUT2D eigenvalue weighted by Crippen LogP contribution is -2.53. The van der Waals surface area contributed by atoms with Gasteiger partial charge in [0.25, 0.3) is 0 Å². The molecule has 37 heavy (non-hydrogen) atoms. The van der Waals surface area contributed by atoms with Crippen molar-refractivity contribution in [2.45, 2.75) is 89.6 Å². The van der Waals surface area contributed by atoms with Gasteiger partial charge >= 0.3 is 6.18 Å². The largest absolute Gasteiger partial charge is 0.401 e. The summed E-state index contributed by atoms with van der Waals surface area (Å²) in [6.45, 7) is 5.28. The van der Waals surface area contributed by atoms with E-state index in [-0.39, 0.29) is 23.9 Å². The Bertz CT molecular complexity index is 992. The molecular weight excluding hydrogens is 487 g/mol. The molecule has 0 aliphatic heterocycles. The molecule has 0 radical (unpaired) electrons. The molecule has 0 saturated heterocycles. The van der Waals surface area contributed by atoms with Crippen LogP contribution in [0.25, 0.3) is 0 Å². The van der Waals surface area contributed by atoms with E-state index in [4.69, 9.17) is 0 Å². The number of benzene rings is 2. The summed E-state index contributed by atoms with van der Waals surface area (Å²) in [4.78, 5) is 0. The molecule has 206 valence electrons. The van der Waals surface area contributed by atoms with Gasteiger partial charge < -0.3 is 15.7 Å². The maximum atomic E-state index is 13.7. The SMILES string of the molecule is CC(C)(C)Cc1cccc(C2(NC[C@@H](O)[C@H](Cc3cc(F)cc(F)c3)NCC(F)(F)F)CCCCC2)c1. The van der Waals surface area contributed by atoms with Gasteiger partial charge in [0.2, 0.25) is 0 Å². The van der Waals surface area contributed by atoms with Crippen molar-refractivity contribution in [3.63, 3.8) is 0 Å². The second-order valence-corrected chi connectivity index (χ2v) is 11.6. The zero-order valence-electron chi connectivity index (χ0n) is 21.9. The first kappa shape index (κ1) is 29.5. The predicted octanol–water partition coefficient (Wildman–Crippen LogP) is 6.43. The van der Waals surface area contributed by atoms with Gasteiger partial charge in [0.1, 0.15) is 11.6 Å². The van der Waals surface area contributed by atoms with E-state index in [0.29, 0.717) is 6.07 Å². The van der Waals surface area contributed by atoms with Crippen molar-refractivity contribution in [2.24, 2.45) is 5.41 Å². The molecule has 3 nitrogen and oxygen atoms in total. The van der Waals surface area contributed by atoms with E-state index in [0.717, 1.165) is 56.2 Å². The summed E-state index contributed by atoms with van der Waals surface area (Å²) in [7, 11) is 0. The smallest absolute Gasteiger partial charge is 0.390 e. The van der Waals surface area contributed by atoms with Crippen LogP contribution in [0.2, 0.25) is 0 Å². The third kappa shape index (κ3) is 9.34. The topological polar surface area (TPSA) is 44.3 Å². The molecule has 0 unspecified atom stereocenters. The second-order valence-electron chi connectivity index (χ2n) is 11.6. The Labute approximate surface area is 216 Å². The first-order valence-electron chi connectivity index (χ1n) is 13.0. The van der Waals surface area contributed by atoms with E-state index in [1.807, 2.05) is 6.07 Å². The molecule has 3 rings (SSSR count). The molecule has 0 bridgehead atoms. The van der Waals surface area contributed by atoms with E-state index in [1.165, 1.54) is 5.56 Å². The van der Waals surface area contributed by atoms with E-state index in [2.05, 4.69) is 49.6 Å². The normalized spacial score (nSPS) is 18.0. The highest BCUT2D eigenvalue weighted by Crippen LogP contribution is 2.38. The van der Waals surface area contributed by atoms with Crippen molar-refractivity contribution in [3.05, 3.63) is 70.8 Å². The van der Waals surface area contributed by atoms with Crippen molar-refractivity contribution < 1.29 is 27.1 Å². The number of hydrogen-bond acceptors (Lipinski definition) is 3.